The summed E-state index contributed by atoms with van der Waals surface area (Å²) in [5.74, 6) is 0.678. The normalized spacial score (nSPS) is 26.6. The number of nitrogens with zero attached hydrogens (tertiary/aromatic N) is 2. The van der Waals surface area contributed by atoms with E-state index in [1.54, 1.807) is 11.3 Å². The molecular weight excluding hydrogens is 230 g/mol. The van der Waals surface area contributed by atoms with Crippen LogP contribution in [0.25, 0.3) is 0 Å². The van der Waals surface area contributed by atoms with Gasteiger partial charge in [-0.2, -0.15) is 0 Å². The SMILES string of the molecule is CCN(C(C)c1nccs1)C1CCCC1CN. The zero-order valence-electron chi connectivity index (χ0n) is 10.8. The molecule has 3 unspecified atom stereocenters. The van der Waals surface area contributed by atoms with Gasteiger partial charge in [0.2, 0.25) is 0 Å². The molecule has 17 heavy (non-hydrogen) atoms. The average molecular weight is 253 g/mol. The molecule has 0 amide bonds. The van der Waals surface area contributed by atoms with Crippen LogP contribution in [0.1, 0.15) is 44.2 Å². The summed E-state index contributed by atoms with van der Waals surface area (Å²) >= 11 is 1.76. The lowest BCUT2D eigenvalue weighted by Gasteiger charge is -2.35. The molecule has 3 atom stereocenters. The fourth-order valence-electron chi connectivity index (χ4n) is 3.11. The molecule has 3 nitrogen and oxygen atoms in total. The molecule has 1 fully saturated rings. The van der Waals surface area contributed by atoms with E-state index in [0.717, 1.165) is 13.1 Å². The molecule has 0 bridgehead atoms. The smallest absolute Gasteiger partial charge is 0.109 e. The van der Waals surface area contributed by atoms with Crippen LogP contribution in [-0.4, -0.2) is 29.0 Å². The number of aromatic nitrogens is 1. The second kappa shape index (κ2) is 5.94. The highest BCUT2D eigenvalue weighted by atomic mass is 32.1. The molecule has 2 N–H and O–H groups in total. The van der Waals surface area contributed by atoms with Gasteiger partial charge in [-0.15, -0.1) is 11.3 Å². The number of hydrogen-bond acceptors (Lipinski definition) is 4. The first-order valence-corrected chi connectivity index (χ1v) is 7.51. The predicted molar refractivity (Wildman–Crippen MR) is 73.1 cm³/mol. The quantitative estimate of drug-likeness (QED) is 0.877. The first kappa shape index (κ1) is 13.0. The van der Waals surface area contributed by atoms with Gasteiger partial charge in [0.1, 0.15) is 5.01 Å². The Hall–Kier alpha value is -0.450. The zero-order chi connectivity index (χ0) is 12.3. The van der Waals surface area contributed by atoms with Crippen molar-refractivity contribution in [3.8, 4) is 0 Å². The summed E-state index contributed by atoms with van der Waals surface area (Å²) in [7, 11) is 0. The number of hydrogen-bond donors (Lipinski definition) is 1. The van der Waals surface area contributed by atoms with Crippen LogP contribution < -0.4 is 5.73 Å². The van der Waals surface area contributed by atoms with E-state index < -0.39 is 0 Å². The fraction of sp³-hybridized carbons (Fsp3) is 0.769. The van der Waals surface area contributed by atoms with Crippen molar-refractivity contribution in [3.05, 3.63) is 16.6 Å². The van der Waals surface area contributed by atoms with E-state index in [2.05, 4.69) is 29.1 Å². The molecule has 0 radical (unpaired) electrons. The molecule has 1 aliphatic carbocycles. The summed E-state index contributed by atoms with van der Waals surface area (Å²) in [5.41, 5.74) is 5.90. The third kappa shape index (κ3) is 2.69. The lowest BCUT2D eigenvalue weighted by molar-refractivity contribution is 0.123. The molecule has 2 rings (SSSR count). The third-order valence-corrected chi connectivity index (χ3v) is 4.96. The fourth-order valence-corrected chi connectivity index (χ4v) is 3.82. The molecule has 0 saturated heterocycles. The highest BCUT2D eigenvalue weighted by Crippen LogP contribution is 2.34. The van der Waals surface area contributed by atoms with Crippen LogP contribution in [0.3, 0.4) is 0 Å². The minimum atomic E-state index is 0.428. The number of thiazole rings is 1. The average Bonchev–Trinajstić information content (AvgIpc) is 3.01. The Morgan fingerprint density at radius 3 is 3.00 bits per heavy atom. The Balaban J connectivity index is 2.10. The van der Waals surface area contributed by atoms with Gasteiger partial charge >= 0.3 is 0 Å². The van der Waals surface area contributed by atoms with E-state index in [-0.39, 0.29) is 0 Å². The number of nitrogens with two attached hydrogens (primary N) is 1. The van der Waals surface area contributed by atoms with Crippen molar-refractivity contribution < 1.29 is 0 Å². The van der Waals surface area contributed by atoms with E-state index in [9.17, 15) is 0 Å². The van der Waals surface area contributed by atoms with Crippen LogP contribution >= 0.6 is 11.3 Å². The van der Waals surface area contributed by atoms with Crippen molar-refractivity contribution in [2.75, 3.05) is 13.1 Å². The van der Waals surface area contributed by atoms with Crippen LogP contribution in [0.5, 0.6) is 0 Å². The van der Waals surface area contributed by atoms with Crippen molar-refractivity contribution in [1.29, 1.82) is 0 Å². The standard InChI is InChI=1S/C13H23N3S/c1-3-16(10(2)13-15-7-8-17-13)12-6-4-5-11(12)9-14/h7-8,10-12H,3-6,9,14H2,1-2H3. The maximum Gasteiger partial charge on any atom is 0.109 e. The summed E-state index contributed by atoms with van der Waals surface area (Å²) in [5, 5.41) is 3.30. The van der Waals surface area contributed by atoms with Gasteiger partial charge in [0.15, 0.2) is 0 Å². The van der Waals surface area contributed by atoms with Crippen molar-refractivity contribution in [2.45, 2.75) is 45.2 Å². The van der Waals surface area contributed by atoms with Gasteiger partial charge in [0.25, 0.3) is 0 Å². The van der Waals surface area contributed by atoms with Gasteiger partial charge in [-0.3, -0.25) is 4.90 Å². The van der Waals surface area contributed by atoms with Crippen molar-refractivity contribution in [3.63, 3.8) is 0 Å². The molecule has 0 spiro atoms. The molecule has 1 heterocycles. The molecule has 1 aromatic heterocycles. The number of rotatable bonds is 5. The summed E-state index contributed by atoms with van der Waals surface area (Å²) < 4.78 is 0. The van der Waals surface area contributed by atoms with Crippen LogP contribution in [-0.2, 0) is 0 Å². The first-order valence-electron chi connectivity index (χ1n) is 6.63. The molecule has 0 aliphatic heterocycles. The molecule has 1 aliphatic rings. The lowest BCUT2D eigenvalue weighted by Crippen LogP contribution is -2.41. The molecule has 4 heteroatoms. The van der Waals surface area contributed by atoms with Crippen molar-refractivity contribution in [2.24, 2.45) is 11.7 Å². The van der Waals surface area contributed by atoms with Gasteiger partial charge in [-0.1, -0.05) is 13.3 Å². The van der Waals surface area contributed by atoms with Gasteiger partial charge < -0.3 is 5.73 Å². The summed E-state index contributed by atoms with van der Waals surface area (Å²) in [4.78, 5) is 7.04. The lowest BCUT2D eigenvalue weighted by atomic mass is 10.0. The van der Waals surface area contributed by atoms with Gasteiger partial charge in [0, 0.05) is 17.6 Å². The second-order valence-electron chi connectivity index (χ2n) is 4.87. The van der Waals surface area contributed by atoms with E-state index in [1.165, 1.54) is 24.3 Å². The molecule has 1 aromatic rings. The van der Waals surface area contributed by atoms with Crippen molar-refractivity contribution in [1.82, 2.24) is 9.88 Å². The maximum atomic E-state index is 5.90. The molecule has 0 aromatic carbocycles. The second-order valence-corrected chi connectivity index (χ2v) is 5.80. The van der Waals surface area contributed by atoms with Gasteiger partial charge in [0.05, 0.1) is 6.04 Å². The topological polar surface area (TPSA) is 42.2 Å². The monoisotopic (exact) mass is 253 g/mol. The van der Waals surface area contributed by atoms with E-state index >= 15 is 0 Å². The van der Waals surface area contributed by atoms with Crippen LogP contribution in [0, 0.1) is 5.92 Å². The Bertz CT molecular complexity index is 325. The Kier molecular flexibility index (Phi) is 4.54. The highest BCUT2D eigenvalue weighted by Gasteiger charge is 2.33. The predicted octanol–water partition coefficient (Wildman–Crippen LogP) is 2.65. The van der Waals surface area contributed by atoms with Crippen molar-refractivity contribution >= 4 is 11.3 Å². The summed E-state index contributed by atoms with van der Waals surface area (Å²) in [6, 6.07) is 1.08. The highest BCUT2D eigenvalue weighted by molar-refractivity contribution is 7.09. The third-order valence-electron chi connectivity index (χ3n) is 4.02. The summed E-state index contributed by atoms with van der Waals surface area (Å²) in [6.45, 7) is 6.43. The summed E-state index contributed by atoms with van der Waals surface area (Å²) in [6.07, 6.45) is 5.82. The molecule has 1 saturated carbocycles. The Labute approximate surface area is 108 Å². The Morgan fingerprint density at radius 2 is 2.41 bits per heavy atom. The first-order chi connectivity index (χ1) is 8.27. The maximum absolute atomic E-state index is 5.90. The minimum Gasteiger partial charge on any atom is -0.330 e. The largest absolute Gasteiger partial charge is 0.330 e. The van der Waals surface area contributed by atoms with E-state index in [0.29, 0.717) is 18.0 Å². The van der Waals surface area contributed by atoms with Gasteiger partial charge in [-0.05, 0) is 38.8 Å². The van der Waals surface area contributed by atoms with Crippen LogP contribution in [0.15, 0.2) is 11.6 Å². The van der Waals surface area contributed by atoms with E-state index in [4.69, 9.17) is 5.73 Å². The Morgan fingerprint density at radius 1 is 1.59 bits per heavy atom. The zero-order valence-corrected chi connectivity index (χ0v) is 11.6. The minimum absolute atomic E-state index is 0.428. The van der Waals surface area contributed by atoms with E-state index in [1.807, 2.05) is 6.20 Å². The van der Waals surface area contributed by atoms with Crippen LogP contribution in [0.4, 0.5) is 0 Å². The van der Waals surface area contributed by atoms with Gasteiger partial charge in [-0.25, -0.2) is 4.98 Å². The molecular formula is C13H23N3S. The van der Waals surface area contributed by atoms with Crippen LogP contribution in [0.2, 0.25) is 0 Å². The molecule has 96 valence electrons.